The molecule has 3 N–H and O–H groups in total. The molecule has 2 heterocycles. The smallest absolute Gasteiger partial charge is 0.259 e. The molecule has 0 radical (unpaired) electrons. The second-order valence-corrected chi connectivity index (χ2v) is 9.80. The summed E-state index contributed by atoms with van der Waals surface area (Å²) in [6.07, 6.45) is 6.86. The molecule has 1 fully saturated rings. The quantitative estimate of drug-likeness (QED) is 0.492. The number of nitrogens with zero attached hydrogens (tertiary/aromatic N) is 2. The molecule has 3 aromatic rings. The van der Waals surface area contributed by atoms with Gasteiger partial charge in [0.05, 0.1) is 11.3 Å². The van der Waals surface area contributed by atoms with Crippen molar-refractivity contribution in [3.8, 4) is 11.1 Å². The molecular formula is C29H36N4O. The monoisotopic (exact) mass is 456 g/mol. The number of aryl methyl sites for hydroxylation is 4. The van der Waals surface area contributed by atoms with Gasteiger partial charge < -0.3 is 16.0 Å². The summed E-state index contributed by atoms with van der Waals surface area (Å²) in [7, 11) is 0. The van der Waals surface area contributed by atoms with E-state index in [1.54, 1.807) is 6.20 Å². The van der Waals surface area contributed by atoms with Crippen molar-refractivity contribution in [2.75, 3.05) is 29.9 Å². The highest BCUT2D eigenvalue weighted by molar-refractivity contribution is 6.10. The normalized spacial score (nSPS) is 14.3. The van der Waals surface area contributed by atoms with Crippen molar-refractivity contribution >= 4 is 17.3 Å². The van der Waals surface area contributed by atoms with Gasteiger partial charge >= 0.3 is 0 Å². The van der Waals surface area contributed by atoms with Crippen LogP contribution in [0.25, 0.3) is 11.1 Å². The first kappa shape index (κ1) is 24.0. The lowest BCUT2D eigenvalue weighted by Crippen LogP contribution is -2.36. The average Bonchev–Trinajstić information content (AvgIpc) is 2.78. The lowest BCUT2D eigenvalue weighted by molar-refractivity contribution is 0.102. The molecule has 0 atom stereocenters. The largest absolute Gasteiger partial charge is 0.370 e. The van der Waals surface area contributed by atoms with Gasteiger partial charge in [0, 0.05) is 36.7 Å². The van der Waals surface area contributed by atoms with E-state index >= 15 is 0 Å². The molecule has 0 spiro atoms. The van der Waals surface area contributed by atoms with Gasteiger partial charge in [-0.25, -0.2) is 0 Å². The van der Waals surface area contributed by atoms with Crippen molar-refractivity contribution in [3.05, 3.63) is 76.6 Å². The number of pyridine rings is 1. The summed E-state index contributed by atoms with van der Waals surface area (Å²) in [4.78, 5) is 20.5. The van der Waals surface area contributed by atoms with Crippen LogP contribution in [0.3, 0.4) is 0 Å². The third kappa shape index (κ3) is 5.48. The van der Waals surface area contributed by atoms with Crippen molar-refractivity contribution in [3.63, 3.8) is 0 Å². The van der Waals surface area contributed by atoms with Crippen LogP contribution in [0.15, 0.2) is 48.8 Å². The summed E-state index contributed by atoms with van der Waals surface area (Å²) in [5, 5.41) is 3.13. The molecule has 1 aliphatic rings. The zero-order valence-electron chi connectivity index (χ0n) is 20.8. The molecule has 2 aromatic carbocycles. The van der Waals surface area contributed by atoms with Crippen LogP contribution in [0.5, 0.6) is 0 Å². The van der Waals surface area contributed by atoms with Crippen molar-refractivity contribution in [2.45, 2.75) is 47.0 Å². The van der Waals surface area contributed by atoms with Gasteiger partial charge in [-0.1, -0.05) is 35.4 Å². The van der Waals surface area contributed by atoms with Crippen LogP contribution < -0.4 is 16.0 Å². The van der Waals surface area contributed by atoms with Gasteiger partial charge in [0.25, 0.3) is 5.91 Å². The Balaban J connectivity index is 1.75. The maximum atomic E-state index is 13.6. The van der Waals surface area contributed by atoms with Crippen LogP contribution in [-0.4, -0.2) is 30.5 Å². The number of anilines is 2. The highest BCUT2D eigenvalue weighted by atomic mass is 16.1. The summed E-state index contributed by atoms with van der Waals surface area (Å²) < 4.78 is 0. The number of carbonyl (C=O) groups excluding carboxylic acids is 1. The van der Waals surface area contributed by atoms with E-state index in [4.69, 9.17) is 5.73 Å². The molecule has 178 valence electrons. The Morgan fingerprint density at radius 2 is 1.53 bits per heavy atom. The molecule has 5 heteroatoms. The number of nitrogens with two attached hydrogens (primary N) is 1. The lowest BCUT2D eigenvalue weighted by atomic mass is 9.91. The minimum Gasteiger partial charge on any atom is -0.370 e. The van der Waals surface area contributed by atoms with Crippen LogP contribution >= 0.6 is 0 Å². The lowest BCUT2D eigenvalue weighted by Gasteiger charge is -2.35. The molecular weight excluding hydrogens is 420 g/mol. The number of piperidine rings is 1. The average molecular weight is 457 g/mol. The van der Waals surface area contributed by atoms with Gasteiger partial charge in [0.15, 0.2) is 0 Å². The molecule has 5 nitrogen and oxygen atoms in total. The van der Waals surface area contributed by atoms with E-state index in [9.17, 15) is 4.79 Å². The van der Waals surface area contributed by atoms with E-state index < -0.39 is 0 Å². The summed E-state index contributed by atoms with van der Waals surface area (Å²) in [6.45, 7) is 10.9. The fourth-order valence-electron chi connectivity index (χ4n) is 5.23. The van der Waals surface area contributed by atoms with Gasteiger partial charge in [-0.05, 0) is 88.2 Å². The molecule has 4 rings (SSSR count). The number of carbonyl (C=O) groups is 1. The Kier molecular flexibility index (Phi) is 7.32. The zero-order valence-corrected chi connectivity index (χ0v) is 20.8. The maximum Gasteiger partial charge on any atom is 0.259 e. The van der Waals surface area contributed by atoms with Gasteiger partial charge in [-0.3, -0.25) is 9.78 Å². The highest BCUT2D eigenvalue weighted by Crippen LogP contribution is 2.37. The zero-order chi connectivity index (χ0) is 24.2. The fraction of sp³-hybridized carbons (Fsp3) is 0.379. The van der Waals surface area contributed by atoms with E-state index in [0.29, 0.717) is 11.5 Å². The number of amides is 1. The molecule has 1 aromatic heterocycles. The van der Waals surface area contributed by atoms with E-state index in [1.165, 1.54) is 11.1 Å². The summed E-state index contributed by atoms with van der Waals surface area (Å²) in [5.41, 5.74) is 15.0. The molecule has 34 heavy (non-hydrogen) atoms. The van der Waals surface area contributed by atoms with Gasteiger partial charge in [-0.15, -0.1) is 0 Å². The van der Waals surface area contributed by atoms with Crippen molar-refractivity contribution in [1.29, 1.82) is 0 Å². The van der Waals surface area contributed by atoms with Crippen molar-refractivity contribution in [2.24, 2.45) is 11.7 Å². The van der Waals surface area contributed by atoms with Gasteiger partial charge in [0.1, 0.15) is 0 Å². The number of benzene rings is 2. The summed E-state index contributed by atoms with van der Waals surface area (Å²) in [6, 6.07) is 12.6. The number of rotatable bonds is 6. The van der Waals surface area contributed by atoms with Crippen LogP contribution in [0.2, 0.25) is 0 Å². The number of aromatic nitrogens is 1. The van der Waals surface area contributed by atoms with E-state index in [1.807, 2.05) is 32.2 Å². The molecule has 0 bridgehead atoms. The highest BCUT2D eigenvalue weighted by Gasteiger charge is 2.26. The predicted octanol–water partition coefficient (Wildman–Crippen LogP) is 5.80. The summed E-state index contributed by atoms with van der Waals surface area (Å²) >= 11 is 0. The second kappa shape index (κ2) is 10.4. The van der Waals surface area contributed by atoms with Crippen molar-refractivity contribution in [1.82, 2.24) is 4.98 Å². The first-order chi connectivity index (χ1) is 16.3. The van der Waals surface area contributed by atoms with Gasteiger partial charge in [0.2, 0.25) is 0 Å². The first-order valence-electron chi connectivity index (χ1n) is 12.3. The minimum absolute atomic E-state index is 0.122. The molecule has 1 saturated heterocycles. The third-order valence-electron chi connectivity index (χ3n) is 6.68. The van der Waals surface area contributed by atoms with E-state index in [-0.39, 0.29) is 5.91 Å². The fourth-order valence-corrected chi connectivity index (χ4v) is 5.23. The molecule has 0 saturated carbocycles. The maximum absolute atomic E-state index is 13.6. The Bertz CT molecular complexity index is 1140. The minimum atomic E-state index is -0.122. The number of hydrogen-bond donors (Lipinski definition) is 2. The number of hydrogen-bond acceptors (Lipinski definition) is 4. The Hall–Kier alpha value is -3.18. The topological polar surface area (TPSA) is 71.2 Å². The standard InChI is InChI=1S/C29H36N4O/c1-19-11-20(2)14-24(13-19)26-17-31-18-27(28(26)33-9-6-23(5-8-30)7-10-33)29(34)32-25-15-21(3)12-22(4)16-25/h11-18,23H,5-10,30H2,1-4H3,(H,32,34). The molecule has 0 unspecified atom stereocenters. The van der Waals surface area contributed by atoms with E-state index in [2.05, 4.69) is 53.3 Å². The Morgan fingerprint density at radius 1 is 0.941 bits per heavy atom. The van der Waals surface area contributed by atoms with Crippen LogP contribution in [-0.2, 0) is 0 Å². The molecule has 0 aliphatic carbocycles. The molecule has 1 amide bonds. The third-order valence-corrected chi connectivity index (χ3v) is 6.68. The van der Waals surface area contributed by atoms with Crippen LogP contribution in [0.4, 0.5) is 11.4 Å². The molecule has 1 aliphatic heterocycles. The van der Waals surface area contributed by atoms with E-state index in [0.717, 1.165) is 72.5 Å². The SMILES string of the molecule is Cc1cc(C)cc(NC(=O)c2cncc(-c3cc(C)cc(C)c3)c2N2CCC(CCN)CC2)c1. The second-order valence-electron chi connectivity index (χ2n) is 9.80. The Morgan fingerprint density at radius 3 is 2.12 bits per heavy atom. The number of nitrogens with one attached hydrogen (secondary N) is 1. The summed E-state index contributed by atoms with van der Waals surface area (Å²) in [5.74, 6) is 0.531. The predicted molar refractivity (Wildman–Crippen MR) is 142 cm³/mol. The van der Waals surface area contributed by atoms with Crippen LogP contribution in [0.1, 0.15) is 51.9 Å². The van der Waals surface area contributed by atoms with Crippen LogP contribution in [0, 0.1) is 33.6 Å². The Labute approximate surface area is 203 Å². The van der Waals surface area contributed by atoms with Crippen molar-refractivity contribution < 1.29 is 4.79 Å². The van der Waals surface area contributed by atoms with Gasteiger partial charge in [-0.2, -0.15) is 0 Å². The first-order valence-corrected chi connectivity index (χ1v) is 12.3.